The van der Waals surface area contributed by atoms with Gasteiger partial charge >= 0.3 is 140 Å². The first-order valence-electron chi connectivity index (χ1n) is 6.66. The van der Waals surface area contributed by atoms with Gasteiger partial charge in [0.05, 0.1) is 0 Å². The molecule has 1 aliphatic heterocycles. The molecule has 1 fully saturated rings. The monoisotopic (exact) mass is 410 g/mol. The number of rotatable bonds is 5. The van der Waals surface area contributed by atoms with Crippen LogP contribution in [0.2, 0.25) is 0 Å². The Morgan fingerprint density at radius 1 is 1.08 bits per heavy atom. The van der Waals surface area contributed by atoms with Crippen molar-refractivity contribution in [1.82, 2.24) is 0 Å². The molecular formula is C12H14N2O9Se. The summed E-state index contributed by atoms with van der Waals surface area (Å²) in [6.45, 7) is -0.611. The van der Waals surface area contributed by atoms with Gasteiger partial charge in [0.2, 0.25) is 0 Å². The number of aliphatic hydroxyl groups is 4. The molecule has 24 heavy (non-hydrogen) atoms. The van der Waals surface area contributed by atoms with Crippen LogP contribution in [0.1, 0.15) is 0 Å². The Hall–Kier alpha value is -1.66. The summed E-state index contributed by atoms with van der Waals surface area (Å²) >= 11 is -0.911. The van der Waals surface area contributed by atoms with Crippen molar-refractivity contribution in [3.63, 3.8) is 0 Å². The van der Waals surface area contributed by atoms with Gasteiger partial charge in [-0.05, 0) is 0 Å². The zero-order valence-corrected chi connectivity index (χ0v) is 13.7. The fourth-order valence-electron chi connectivity index (χ4n) is 2.15. The van der Waals surface area contributed by atoms with E-state index in [0.29, 0.717) is 0 Å². The van der Waals surface area contributed by atoms with Gasteiger partial charge in [0, 0.05) is 0 Å². The summed E-state index contributed by atoms with van der Waals surface area (Å²) in [5, 5.41) is 59.3. The van der Waals surface area contributed by atoms with Crippen LogP contribution in [0.15, 0.2) is 18.2 Å². The van der Waals surface area contributed by atoms with Crippen LogP contribution in [0.25, 0.3) is 0 Å². The van der Waals surface area contributed by atoms with E-state index in [4.69, 9.17) is 9.84 Å². The third-order valence-electron chi connectivity index (χ3n) is 3.44. The normalized spacial score (nSPS) is 30.1. The van der Waals surface area contributed by atoms with Crippen LogP contribution in [-0.4, -0.2) is 81.3 Å². The second-order valence-electron chi connectivity index (χ2n) is 4.98. The first-order chi connectivity index (χ1) is 11.3. The number of non-ortho nitro benzene ring substituents is 1. The molecule has 0 aromatic heterocycles. The van der Waals surface area contributed by atoms with Crippen molar-refractivity contribution in [2.24, 2.45) is 0 Å². The van der Waals surface area contributed by atoms with E-state index in [9.17, 15) is 35.5 Å². The molecule has 1 aromatic carbocycles. The van der Waals surface area contributed by atoms with Gasteiger partial charge in [0.25, 0.3) is 0 Å². The number of ether oxygens (including phenoxy) is 1. The molecule has 132 valence electrons. The molecule has 0 aliphatic carbocycles. The van der Waals surface area contributed by atoms with Gasteiger partial charge in [0.1, 0.15) is 0 Å². The van der Waals surface area contributed by atoms with Crippen molar-refractivity contribution >= 4 is 30.8 Å². The number of nitrogens with zero attached hydrogens (tertiary/aromatic N) is 2. The van der Waals surface area contributed by atoms with E-state index in [1.165, 1.54) is 6.07 Å². The summed E-state index contributed by atoms with van der Waals surface area (Å²) in [5.41, 5.74) is -0.948. The predicted molar refractivity (Wildman–Crippen MR) is 78.9 cm³/mol. The first-order valence-corrected chi connectivity index (χ1v) is 8.50. The van der Waals surface area contributed by atoms with Crippen LogP contribution in [-0.2, 0) is 4.74 Å². The molecule has 1 aliphatic rings. The molecule has 0 radical (unpaired) electrons. The van der Waals surface area contributed by atoms with Crippen molar-refractivity contribution in [2.75, 3.05) is 6.61 Å². The van der Waals surface area contributed by atoms with Gasteiger partial charge < -0.3 is 0 Å². The van der Waals surface area contributed by atoms with Crippen molar-refractivity contribution in [3.8, 4) is 0 Å². The standard InChI is InChI=1S/C12H14N2O9Se/c15-4-7-9(16)10(17)11(18)12(23-7)24-8-2-1-5(13(19)20)3-6(8)14(21)22/h1-3,7,9-12,15-18H,4H2. The second kappa shape index (κ2) is 7.49. The summed E-state index contributed by atoms with van der Waals surface area (Å²) in [6.07, 6.45) is -5.74. The Bertz CT molecular complexity index is 641. The van der Waals surface area contributed by atoms with Crippen LogP contribution in [0.4, 0.5) is 11.4 Å². The van der Waals surface area contributed by atoms with E-state index >= 15 is 0 Å². The minimum absolute atomic E-state index is 0.113. The summed E-state index contributed by atoms with van der Waals surface area (Å²) < 4.78 is 5.42. The molecular weight excluding hydrogens is 395 g/mol. The number of nitro groups is 2. The van der Waals surface area contributed by atoms with Crippen molar-refractivity contribution < 1.29 is 35.0 Å². The molecule has 2 rings (SSSR count). The van der Waals surface area contributed by atoms with Crippen molar-refractivity contribution in [2.45, 2.75) is 29.4 Å². The van der Waals surface area contributed by atoms with Crippen LogP contribution in [0, 0.1) is 20.2 Å². The van der Waals surface area contributed by atoms with E-state index in [0.717, 1.165) is 12.1 Å². The van der Waals surface area contributed by atoms with Gasteiger partial charge in [-0.3, -0.25) is 0 Å². The van der Waals surface area contributed by atoms with Crippen LogP contribution < -0.4 is 4.46 Å². The Labute approximate surface area is 140 Å². The average molecular weight is 409 g/mol. The molecule has 1 heterocycles. The van der Waals surface area contributed by atoms with Gasteiger partial charge in [-0.1, -0.05) is 0 Å². The molecule has 4 N–H and O–H groups in total. The third kappa shape index (κ3) is 3.70. The summed E-state index contributed by atoms with van der Waals surface area (Å²) in [7, 11) is 0. The summed E-state index contributed by atoms with van der Waals surface area (Å²) in [6, 6.07) is 3.09. The molecule has 11 nitrogen and oxygen atoms in total. The van der Waals surface area contributed by atoms with Gasteiger partial charge in [-0.25, -0.2) is 0 Å². The van der Waals surface area contributed by atoms with E-state index < -0.39 is 72.2 Å². The summed E-state index contributed by atoms with van der Waals surface area (Å²) in [5.74, 6) is 0. The quantitative estimate of drug-likeness (QED) is 0.235. The Kier molecular flexibility index (Phi) is 5.83. The molecule has 0 amide bonds. The Balaban J connectivity index is 2.29. The fourth-order valence-corrected chi connectivity index (χ4v) is 4.56. The molecule has 5 atom stereocenters. The van der Waals surface area contributed by atoms with Crippen molar-refractivity contribution in [3.05, 3.63) is 38.4 Å². The van der Waals surface area contributed by atoms with Gasteiger partial charge in [0.15, 0.2) is 0 Å². The number of hydrogen-bond acceptors (Lipinski definition) is 9. The van der Waals surface area contributed by atoms with Crippen LogP contribution >= 0.6 is 0 Å². The van der Waals surface area contributed by atoms with E-state index in [1.54, 1.807) is 0 Å². The maximum atomic E-state index is 11.1. The summed E-state index contributed by atoms with van der Waals surface area (Å²) in [4.78, 5) is 20.3. The second-order valence-corrected chi connectivity index (χ2v) is 7.37. The number of hydrogen-bond donors (Lipinski definition) is 4. The number of benzene rings is 1. The third-order valence-corrected chi connectivity index (χ3v) is 6.00. The molecule has 1 aromatic rings. The van der Waals surface area contributed by atoms with E-state index in [2.05, 4.69) is 0 Å². The molecule has 1 saturated heterocycles. The topological polar surface area (TPSA) is 176 Å². The van der Waals surface area contributed by atoms with E-state index in [-0.39, 0.29) is 4.46 Å². The molecule has 0 spiro atoms. The SMILES string of the molecule is O=[N+]([O-])c1ccc([Se]C2OC(CO)C(O)C(O)C2O)c([N+](=O)[O-])c1. The zero-order chi connectivity index (χ0) is 18.0. The van der Waals surface area contributed by atoms with Crippen LogP contribution in [0.3, 0.4) is 0 Å². The molecule has 5 unspecified atom stereocenters. The Morgan fingerprint density at radius 3 is 2.29 bits per heavy atom. The first kappa shape index (κ1) is 18.7. The number of aliphatic hydroxyl groups excluding tert-OH is 4. The van der Waals surface area contributed by atoms with Crippen molar-refractivity contribution in [1.29, 1.82) is 0 Å². The zero-order valence-electron chi connectivity index (χ0n) is 12.0. The van der Waals surface area contributed by atoms with Gasteiger partial charge in [-0.2, -0.15) is 0 Å². The number of nitro benzene ring substituents is 2. The molecule has 12 heteroatoms. The predicted octanol–water partition coefficient (Wildman–Crippen LogP) is -2.37. The maximum absolute atomic E-state index is 11.1. The molecule has 0 saturated carbocycles. The minimum atomic E-state index is -1.58. The fraction of sp³-hybridized carbons (Fsp3) is 0.500. The van der Waals surface area contributed by atoms with Gasteiger partial charge in [-0.15, -0.1) is 0 Å². The van der Waals surface area contributed by atoms with Crippen LogP contribution in [0.5, 0.6) is 0 Å². The molecule has 0 bridgehead atoms. The Morgan fingerprint density at radius 2 is 1.75 bits per heavy atom. The van der Waals surface area contributed by atoms with E-state index in [1.807, 2.05) is 0 Å². The average Bonchev–Trinajstić information content (AvgIpc) is 2.55.